The minimum absolute atomic E-state index is 0.310. The maximum atomic E-state index is 5.66. The third-order valence-corrected chi connectivity index (χ3v) is 2.26. The number of benzene rings is 1. The predicted octanol–water partition coefficient (Wildman–Crippen LogP) is 2.71. The van der Waals surface area contributed by atoms with E-state index in [0.29, 0.717) is 12.0 Å². The van der Waals surface area contributed by atoms with E-state index in [1.807, 2.05) is 24.3 Å². The molecule has 3 heteroatoms. The van der Waals surface area contributed by atoms with Crippen molar-refractivity contribution in [3.8, 4) is 11.5 Å². The molecule has 0 bridgehead atoms. The molecule has 17 heavy (non-hydrogen) atoms. The van der Waals surface area contributed by atoms with E-state index in [2.05, 4.69) is 26.1 Å². The van der Waals surface area contributed by atoms with Crippen LogP contribution in [0.2, 0.25) is 0 Å². The highest BCUT2D eigenvalue weighted by Crippen LogP contribution is 2.25. The molecule has 3 nitrogen and oxygen atoms in total. The summed E-state index contributed by atoms with van der Waals surface area (Å²) in [6, 6.07) is 7.70. The third-order valence-electron chi connectivity index (χ3n) is 2.26. The van der Waals surface area contributed by atoms with Crippen LogP contribution < -0.4 is 14.8 Å². The molecule has 0 aromatic heterocycles. The zero-order chi connectivity index (χ0) is 12.7. The summed E-state index contributed by atoms with van der Waals surface area (Å²) in [6.45, 7) is 9.11. The Hall–Kier alpha value is -1.22. The van der Waals surface area contributed by atoms with E-state index in [0.717, 1.165) is 24.6 Å². The topological polar surface area (TPSA) is 30.5 Å². The van der Waals surface area contributed by atoms with Crippen molar-refractivity contribution in [2.24, 2.45) is 5.41 Å². The molecule has 0 saturated heterocycles. The molecule has 0 radical (unpaired) electrons. The number of para-hydroxylation sites is 2. The van der Waals surface area contributed by atoms with Crippen molar-refractivity contribution < 1.29 is 9.47 Å². The maximum absolute atomic E-state index is 5.66. The van der Waals surface area contributed by atoms with E-state index in [-0.39, 0.29) is 0 Å². The Morgan fingerprint density at radius 1 is 1.12 bits per heavy atom. The van der Waals surface area contributed by atoms with Crippen LogP contribution in [0.1, 0.15) is 20.8 Å². The number of hydrogen-bond acceptors (Lipinski definition) is 3. The van der Waals surface area contributed by atoms with Gasteiger partial charge in [0.25, 0.3) is 0 Å². The lowest BCUT2D eigenvalue weighted by molar-refractivity contribution is 0.281. The van der Waals surface area contributed by atoms with Crippen LogP contribution in [0.15, 0.2) is 24.3 Å². The van der Waals surface area contributed by atoms with E-state index in [1.165, 1.54) is 0 Å². The molecule has 1 N–H and O–H groups in total. The van der Waals surface area contributed by atoms with Crippen molar-refractivity contribution in [3.05, 3.63) is 24.3 Å². The summed E-state index contributed by atoms with van der Waals surface area (Å²) in [6.07, 6.45) is 0. The summed E-state index contributed by atoms with van der Waals surface area (Å²) >= 11 is 0. The highest BCUT2D eigenvalue weighted by Gasteiger charge is 2.08. The van der Waals surface area contributed by atoms with Gasteiger partial charge in [0.2, 0.25) is 0 Å². The van der Waals surface area contributed by atoms with Crippen LogP contribution in [0.3, 0.4) is 0 Å². The summed E-state index contributed by atoms with van der Waals surface area (Å²) in [4.78, 5) is 0. The van der Waals surface area contributed by atoms with E-state index < -0.39 is 0 Å². The van der Waals surface area contributed by atoms with Gasteiger partial charge in [-0.05, 0) is 17.5 Å². The Balaban J connectivity index is 2.27. The molecule has 0 aliphatic heterocycles. The molecule has 0 aliphatic rings. The molecular weight excluding hydrogens is 214 g/mol. The van der Waals surface area contributed by atoms with Crippen molar-refractivity contribution in [3.63, 3.8) is 0 Å². The van der Waals surface area contributed by atoms with E-state index in [4.69, 9.17) is 9.47 Å². The van der Waals surface area contributed by atoms with Gasteiger partial charge >= 0.3 is 0 Å². The van der Waals surface area contributed by atoms with Gasteiger partial charge in [0, 0.05) is 13.1 Å². The summed E-state index contributed by atoms with van der Waals surface area (Å²) in [5.74, 6) is 1.58. The SMILES string of the molecule is COc1ccccc1OCCNCC(C)(C)C. The first-order chi connectivity index (χ1) is 8.03. The van der Waals surface area contributed by atoms with E-state index >= 15 is 0 Å². The summed E-state index contributed by atoms with van der Waals surface area (Å²) in [5, 5.41) is 3.37. The average molecular weight is 237 g/mol. The average Bonchev–Trinajstić information content (AvgIpc) is 2.27. The largest absolute Gasteiger partial charge is 0.493 e. The van der Waals surface area contributed by atoms with Crippen LogP contribution in [0.5, 0.6) is 11.5 Å². The molecule has 0 amide bonds. The Bertz CT molecular complexity index is 331. The van der Waals surface area contributed by atoms with Gasteiger partial charge in [-0.2, -0.15) is 0 Å². The molecular formula is C14H23NO2. The normalized spacial score (nSPS) is 11.3. The molecule has 0 atom stereocenters. The molecule has 0 unspecified atom stereocenters. The van der Waals surface area contributed by atoms with Crippen LogP contribution in [0.25, 0.3) is 0 Å². The lowest BCUT2D eigenvalue weighted by atomic mass is 9.97. The molecule has 1 rings (SSSR count). The van der Waals surface area contributed by atoms with Crippen LogP contribution in [-0.2, 0) is 0 Å². The van der Waals surface area contributed by atoms with Crippen LogP contribution >= 0.6 is 0 Å². The first-order valence-electron chi connectivity index (χ1n) is 5.99. The summed E-state index contributed by atoms with van der Waals surface area (Å²) in [5.41, 5.74) is 0.310. The third kappa shape index (κ3) is 5.59. The van der Waals surface area contributed by atoms with Gasteiger partial charge in [0.05, 0.1) is 7.11 Å². The Labute approximate surface area is 104 Å². The van der Waals surface area contributed by atoms with Crippen LogP contribution in [0, 0.1) is 5.41 Å². The number of ether oxygens (including phenoxy) is 2. The van der Waals surface area contributed by atoms with Crippen molar-refractivity contribution in [2.45, 2.75) is 20.8 Å². The highest BCUT2D eigenvalue weighted by atomic mass is 16.5. The van der Waals surface area contributed by atoms with E-state index in [1.54, 1.807) is 7.11 Å². The Morgan fingerprint density at radius 2 is 1.76 bits per heavy atom. The number of methoxy groups -OCH3 is 1. The molecule has 1 aromatic rings. The summed E-state index contributed by atoms with van der Waals surface area (Å²) < 4.78 is 10.9. The molecule has 1 aromatic carbocycles. The minimum atomic E-state index is 0.310. The monoisotopic (exact) mass is 237 g/mol. The number of rotatable bonds is 6. The minimum Gasteiger partial charge on any atom is -0.493 e. The highest BCUT2D eigenvalue weighted by molar-refractivity contribution is 5.39. The van der Waals surface area contributed by atoms with Gasteiger partial charge in [0.15, 0.2) is 11.5 Å². The lowest BCUT2D eigenvalue weighted by Gasteiger charge is -2.19. The van der Waals surface area contributed by atoms with Crippen LogP contribution in [-0.4, -0.2) is 26.8 Å². The molecule has 0 fully saturated rings. The first-order valence-corrected chi connectivity index (χ1v) is 5.99. The standard InChI is InChI=1S/C14H23NO2/c1-14(2,3)11-15-9-10-17-13-8-6-5-7-12(13)16-4/h5-8,15H,9-11H2,1-4H3. The molecule has 0 heterocycles. The van der Waals surface area contributed by atoms with Crippen molar-refractivity contribution in [1.82, 2.24) is 5.32 Å². The van der Waals surface area contributed by atoms with Gasteiger partial charge in [-0.1, -0.05) is 32.9 Å². The van der Waals surface area contributed by atoms with Crippen LogP contribution in [0.4, 0.5) is 0 Å². The molecule has 0 saturated carbocycles. The Morgan fingerprint density at radius 3 is 2.35 bits per heavy atom. The van der Waals surface area contributed by atoms with Gasteiger partial charge in [-0.15, -0.1) is 0 Å². The molecule has 96 valence electrons. The fraction of sp³-hybridized carbons (Fsp3) is 0.571. The zero-order valence-electron chi connectivity index (χ0n) is 11.2. The quantitative estimate of drug-likeness (QED) is 0.772. The first kappa shape index (κ1) is 13.8. The number of nitrogens with one attached hydrogen (secondary N) is 1. The lowest BCUT2D eigenvalue weighted by Crippen LogP contribution is -2.30. The number of hydrogen-bond donors (Lipinski definition) is 1. The van der Waals surface area contributed by atoms with Gasteiger partial charge in [0.1, 0.15) is 6.61 Å². The smallest absolute Gasteiger partial charge is 0.161 e. The van der Waals surface area contributed by atoms with Crippen molar-refractivity contribution >= 4 is 0 Å². The molecule has 0 spiro atoms. The zero-order valence-corrected chi connectivity index (χ0v) is 11.2. The van der Waals surface area contributed by atoms with Crippen molar-refractivity contribution in [2.75, 3.05) is 26.8 Å². The maximum Gasteiger partial charge on any atom is 0.161 e. The Kier molecular flexibility index (Phi) is 5.29. The summed E-state index contributed by atoms with van der Waals surface area (Å²) in [7, 11) is 1.65. The fourth-order valence-corrected chi connectivity index (χ4v) is 1.43. The second-order valence-electron chi connectivity index (χ2n) is 5.24. The van der Waals surface area contributed by atoms with Crippen molar-refractivity contribution in [1.29, 1.82) is 0 Å². The fourth-order valence-electron chi connectivity index (χ4n) is 1.43. The molecule has 0 aliphatic carbocycles. The van der Waals surface area contributed by atoms with Gasteiger partial charge < -0.3 is 14.8 Å². The second-order valence-corrected chi connectivity index (χ2v) is 5.24. The second kappa shape index (κ2) is 6.50. The predicted molar refractivity (Wildman–Crippen MR) is 70.8 cm³/mol. The van der Waals surface area contributed by atoms with Gasteiger partial charge in [-0.25, -0.2) is 0 Å². The van der Waals surface area contributed by atoms with Gasteiger partial charge in [-0.3, -0.25) is 0 Å². The van der Waals surface area contributed by atoms with E-state index in [9.17, 15) is 0 Å².